The molecule has 0 aliphatic carbocycles. The van der Waals surface area contributed by atoms with Gasteiger partial charge in [0.05, 0.1) is 0 Å². The summed E-state index contributed by atoms with van der Waals surface area (Å²) in [7, 11) is 0. The van der Waals surface area contributed by atoms with Crippen LogP contribution in [-0.2, 0) is 6.54 Å². The van der Waals surface area contributed by atoms with Crippen LogP contribution in [-0.4, -0.2) is 16.1 Å². The lowest BCUT2D eigenvalue weighted by Gasteiger charge is -2.00. The Labute approximate surface area is 72.4 Å². The quantitative estimate of drug-likeness (QED) is 0.639. The highest BCUT2D eigenvalue weighted by Gasteiger charge is 2.01. The summed E-state index contributed by atoms with van der Waals surface area (Å²) in [5, 5.41) is 4.11. The van der Waals surface area contributed by atoms with E-state index in [4.69, 9.17) is 0 Å². The molecule has 1 heterocycles. The van der Waals surface area contributed by atoms with Crippen molar-refractivity contribution in [2.24, 2.45) is 0 Å². The first-order valence-electron chi connectivity index (χ1n) is 4.27. The van der Waals surface area contributed by atoms with Crippen LogP contribution in [0.15, 0.2) is 6.07 Å². The van der Waals surface area contributed by atoms with Crippen LogP contribution in [0.2, 0.25) is 0 Å². The Kier molecular flexibility index (Phi) is 3.02. The summed E-state index contributed by atoms with van der Waals surface area (Å²) < 4.78 is 1.88. The van der Waals surface area contributed by atoms with Gasteiger partial charge in [0.25, 0.3) is 0 Å². The van der Waals surface area contributed by atoms with E-state index < -0.39 is 0 Å². The van der Waals surface area contributed by atoms with E-state index in [0.29, 0.717) is 5.69 Å². The van der Waals surface area contributed by atoms with Crippen molar-refractivity contribution < 1.29 is 4.79 Å². The average molecular weight is 166 g/mol. The van der Waals surface area contributed by atoms with Gasteiger partial charge in [0.15, 0.2) is 6.29 Å². The zero-order chi connectivity index (χ0) is 8.97. The molecule has 0 bridgehead atoms. The highest BCUT2D eigenvalue weighted by Crippen LogP contribution is 2.02. The van der Waals surface area contributed by atoms with Crippen LogP contribution in [0, 0.1) is 6.92 Å². The summed E-state index contributed by atoms with van der Waals surface area (Å²) >= 11 is 0. The minimum atomic E-state index is 0.531. The first-order chi connectivity index (χ1) is 5.77. The van der Waals surface area contributed by atoms with Gasteiger partial charge in [-0.3, -0.25) is 9.48 Å². The van der Waals surface area contributed by atoms with Crippen LogP contribution in [0.5, 0.6) is 0 Å². The lowest BCUT2D eigenvalue weighted by Crippen LogP contribution is -2.02. The van der Waals surface area contributed by atoms with Crippen molar-refractivity contribution in [2.45, 2.75) is 33.2 Å². The summed E-state index contributed by atoms with van der Waals surface area (Å²) in [4.78, 5) is 10.4. The maximum absolute atomic E-state index is 10.4. The number of nitrogens with zero attached hydrogens (tertiary/aromatic N) is 2. The molecule has 0 amide bonds. The number of aromatic nitrogens is 2. The van der Waals surface area contributed by atoms with Crippen LogP contribution in [0.4, 0.5) is 0 Å². The molecule has 0 saturated heterocycles. The van der Waals surface area contributed by atoms with Crippen LogP contribution < -0.4 is 0 Å². The molecule has 1 aromatic heterocycles. The van der Waals surface area contributed by atoms with Gasteiger partial charge in [-0.05, 0) is 19.4 Å². The van der Waals surface area contributed by atoms with Gasteiger partial charge in [0.1, 0.15) is 5.69 Å². The van der Waals surface area contributed by atoms with Gasteiger partial charge in [-0.2, -0.15) is 5.10 Å². The second-order valence-electron chi connectivity index (χ2n) is 2.91. The molecule has 1 rings (SSSR count). The summed E-state index contributed by atoms with van der Waals surface area (Å²) in [6.07, 6.45) is 3.05. The number of carbonyl (C=O) groups is 1. The fourth-order valence-corrected chi connectivity index (χ4v) is 1.13. The van der Waals surface area contributed by atoms with E-state index in [1.54, 1.807) is 0 Å². The van der Waals surface area contributed by atoms with E-state index in [2.05, 4.69) is 12.0 Å². The number of hydrogen-bond acceptors (Lipinski definition) is 2. The maximum Gasteiger partial charge on any atom is 0.170 e. The number of unbranched alkanes of at least 4 members (excludes halogenated alkanes) is 1. The van der Waals surface area contributed by atoms with Crippen LogP contribution in [0.25, 0.3) is 0 Å². The van der Waals surface area contributed by atoms with Crippen molar-refractivity contribution >= 4 is 6.29 Å². The molecule has 0 radical (unpaired) electrons. The number of hydrogen-bond donors (Lipinski definition) is 0. The second kappa shape index (κ2) is 4.04. The number of rotatable bonds is 4. The van der Waals surface area contributed by atoms with E-state index in [9.17, 15) is 4.79 Å². The molecule has 12 heavy (non-hydrogen) atoms. The van der Waals surface area contributed by atoms with Gasteiger partial charge in [0.2, 0.25) is 0 Å². The largest absolute Gasteiger partial charge is 0.296 e. The van der Waals surface area contributed by atoms with E-state index >= 15 is 0 Å². The van der Waals surface area contributed by atoms with Crippen LogP contribution in [0.3, 0.4) is 0 Å². The first-order valence-corrected chi connectivity index (χ1v) is 4.27. The maximum atomic E-state index is 10.4. The zero-order valence-corrected chi connectivity index (χ0v) is 7.58. The Hall–Kier alpha value is -1.12. The van der Waals surface area contributed by atoms with Gasteiger partial charge in [-0.15, -0.1) is 0 Å². The fourth-order valence-electron chi connectivity index (χ4n) is 1.13. The van der Waals surface area contributed by atoms with Crippen molar-refractivity contribution in [3.8, 4) is 0 Å². The van der Waals surface area contributed by atoms with Gasteiger partial charge >= 0.3 is 0 Å². The van der Waals surface area contributed by atoms with Crippen molar-refractivity contribution in [2.75, 3.05) is 0 Å². The summed E-state index contributed by atoms with van der Waals surface area (Å²) in [6.45, 7) is 5.02. The highest BCUT2D eigenvalue weighted by molar-refractivity contribution is 5.71. The lowest BCUT2D eigenvalue weighted by molar-refractivity contribution is 0.111. The van der Waals surface area contributed by atoms with Crippen molar-refractivity contribution in [3.63, 3.8) is 0 Å². The molecule has 0 fully saturated rings. The molecule has 0 N–H and O–H groups in total. The third-order valence-electron chi connectivity index (χ3n) is 1.84. The summed E-state index contributed by atoms with van der Waals surface area (Å²) in [6, 6.07) is 1.81. The van der Waals surface area contributed by atoms with Crippen LogP contribution in [0.1, 0.15) is 35.9 Å². The van der Waals surface area contributed by atoms with E-state index in [1.807, 2.05) is 17.7 Å². The molecule has 0 saturated carbocycles. The molecule has 0 atom stereocenters. The van der Waals surface area contributed by atoms with E-state index in [-0.39, 0.29) is 0 Å². The Balaban J connectivity index is 2.70. The molecular weight excluding hydrogens is 152 g/mol. The Bertz CT molecular complexity index is 265. The van der Waals surface area contributed by atoms with Crippen LogP contribution >= 0.6 is 0 Å². The molecular formula is C9H14N2O. The van der Waals surface area contributed by atoms with Gasteiger partial charge in [0, 0.05) is 12.2 Å². The lowest BCUT2D eigenvalue weighted by atomic mass is 10.3. The second-order valence-corrected chi connectivity index (χ2v) is 2.91. The molecule has 0 aromatic carbocycles. The monoisotopic (exact) mass is 166 g/mol. The van der Waals surface area contributed by atoms with E-state index in [1.165, 1.54) is 0 Å². The molecule has 1 aromatic rings. The molecule has 3 nitrogen and oxygen atoms in total. The van der Waals surface area contributed by atoms with Crippen molar-refractivity contribution in [3.05, 3.63) is 17.5 Å². The standard InChI is InChI=1S/C9H14N2O/c1-3-4-5-11-8(2)6-9(7-12)10-11/h6-7H,3-5H2,1-2H3. The average Bonchev–Trinajstić information content (AvgIpc) is 2.43. The number of aryl methyl sites for hydroxylation is 2. The third kappa shape index (κ3) is 1.94. The topological polar surface area (TPSA) is 34.9 Å². The number of aldehydes is 1. The molecule has 66 valence electrons. The predicted molar refractivity (Wildman–Crippen MR) is 47.3 cm³/mol. The first kappa shape index (κ1) is 8.97. The smallest absolute Gasteiger partial charge is 0.170 e. The normalized spacial score (nSPS) is 10.2. The third-order valence-corrected chi connectivity index (χ3v) is 1.84. The van der Waals surface area contributed by atoms with Crippen molar-refractivity contribution in [1.82, 2.24) is 9.78 Å². The molecule has 0 aliphatic rings. The summed E-state index contributed by atoms with van der Waals surface area (Å²) in [5.41, 5.74) is 1.59. The SMILES string of the molecule is CCCCn1nc(C=O)cc1C. The number of carbonyl (C=O) groups excluding carboxylic acids is 1. The van der Waals surface area contributed by atoms with Gasteiger partial charge < -0.3 is 0 Å². The molecule has 3 heteroatoms. The van der Waals surface area contributed by atoms with Crippen molar-refractivity contribution in [1.29, 1.82) is 0 Å². The van der Waals surface area contributed by atoms with Gasteiger partial charge in [-0.1, -0.05) is 13.3 Å². The predicted octanol–water partition coefficient (Wildman–Crippen LogP) is 1.80. The van der Waals surface area contributed by atoms with Gasteiger partial charge in [-0.25, -0.2) is 0 Å². The van der Waals surface area contributed by atoms with E-state index in [0.717, 1.165) is 31.4 Å². The summed E-state index contributed by atoms with van der Waals surface area (Å²) in [5.74, 6) is 0. The Morgan fingerprint density at radius 1 is 1.67 bits per heavy atom. The molecule has 0 spiro atoms. The highest BCUT2D eigenvalue weighted by atomic mass is 16.1. The molecule has 0 aliphatic heterocycles. The Morgan fingerprint density at radius 2 is 2.42 bits per heavy atom. The fraction of sp³-hybridized carbons (Fsp3) is 0.556. The minimum absolute atomic E-state index is 0.531. The molecule has 0 unspecified atom stereocenters. The Morgan fingerprint density at radius 3 is 2.92 bits per heavy atom. The minimum Gasteiger partial charge on any atom is -0.296 e. The zero-order valence-electron chi connectivity index (χ0n) is 7.58.